The number of allylic oxidation sites excluding steroid dienone is 1. The molecule has 0 saturated heterocycles. The highest BCUT2D eigenvalue weighted by atomic mass is 35.5. The summed E-state index contributed by atoms with van der Waals surface area (Å²) in [6, 6.07) is 3.49. The second kappa shape index (κ2) is 24.1. The fraction of sp³-hybridized carbons (Fsp3) is 0.673. The Morgan fingerprint density at radius 2 is 1.26 bits per heavy atom. The Kier molecular flexibility index (Phi) is 19.3. The number of phenols is 2. The first kappa shape index (κ1) is 55.3. The monoisotopic (exact) mass is 1030 g/mol. The SMILES string of the molecule is CSCC[C@H](NC(=O)c1cc(C(=CCC[C@H]2CC[C@@]3(C)C(CC[C@H]4[C@@H]5CC[C@H](C(C)CCCC(C)C)[C@@]5(C)CC[C@@H]43)C2)c2cc(Cl)c(O)c(C(=O)N[C@@H](CCSC)C(=O)O)c2)cc(Cl)c1O)C(=O)O. The molecule has 69 heavy (non-hydrogen) atoms. The van der Waals surface area contributed by atoms with Crippen LogP contribution in [0.3, 0.4) is 0 Å². The lowest BCUT2D eigenvalue weighted by molar-refractivity contribution is -0.140. The van der Waals surface area contributed by atoms with Crippen molar-refractivity contribution in [3.8, 4) is 11.5 Å². The number of rotatable bonds is 22. The molecule has 4 aliphatic carbocycles. The first-order chi connectivity index (χ1) is 32.7. The van der Waals surface area contributed by atoms with Crippen molar-refractivity contribution in [2.24, 2.45) is 58.2 Å². The second-order valence-corrected chi connectivity index (χ2v) is 24.8. The van der Waals surface area contributed by atoms with E-state index in [1.165, 1.54) is 118 Å². The molecule has 4 fully saturated rings. The number of aromatic hydroxyl groups is 2. The largest absolute Gasteiger partial charge is 0.506 e. The molecule has 4 aliphatic rings. The highest BCUT2D eigenvalue weighted by molar-refractivity contribution is 7.98. The number of halogens is 2. The van der Waals surface area contributed by atoms with Crippen molar-refractivity contribution >= 4 is 76.1 Å². The standard InChI is InChI=1S/C55H78Cl2N2O8S2/c1-31(2)10-8-11-32(3)41-16-17-42-38-15-14-36-26-33(18-22-54(36,4)43(38)19-23-55(41,42)5)12-9-13-37(34-27-39(48(60)44(56)29-34)50(62)58-46(52(64)65)20-24-68-6)35-28-40(49(61)45(57)30-35)51(63)59-47(53(66)67)21-25-69-7/h13,27-33,36,38,41-43,46-47,60-61H,8-12,14-26H2,1-7H3,(H,58,62)(H,59,63)(H,64,65)(H,66,67)/t32?,33-,36?,38-,41+,42-,43-,46-,47-,54-,55+/m0/s1. The number of nitrogens with one attached hydrogen (secondary N) is 2. The van der Waals surface area contributed by atoms with E-state index in [0.717, 1.165) is 48.3 Å². The lowest BCUT2D eigenvalue weighted by Crippen LogP contribution is -2.53. The highest BCUT2D eigenvalue weighted by Gasteiger charge is 2.60. The van der Waals surface area contributed by atoms with E-state index in [-0.39, 0.29) is 34.0 Å². The molecule has 14 heteroatoms. The first-order valence-electron chi connectivity index (χ1n) is 25.5. The Morgan fingerprint density at radius 3 is 1.78 bits per heavy atom. The third kappa shape index (κ3) is 12.6. The first-order valence-corrected chi connectivity index (χ1v) is 29.1. The van der Waals surface area contributed by atoms with Gasteiger partial charge in [-0.3, -0.25) is 9.59 Å². The lowest BCUT2D eigenvalue weighted by atomic mass is 9.44. The van der Waals surface area contributed by atoms with Gasteiger partial charge in [0.1, 0.15) is 23.6 Å². The number of hydrogen-bond donors (Lipinski definition) is 6. The van der Waals surface area contributed by atoms with Crippen LogP contribution in [-0.4, -0.2) is 80.3 Å². The van der Waals surface area contributed by atoms with Gasteiger partial charge < -0.3 is 31.1 Å². The van der Waals surface area contributed by atoms with Gasteiger partial charge in [0, 0.05) is 0 Å². The number of carbonyl (C=O) groups is 4. The van der Waals surface area contributed by atoms with Gasteiger partial charge in [-0.25, -0.2) is 9.59 Å². The number of benzene rings is 2. The zero-order valence-electron chi connectivity index (χ0n) is 41.9. The Hall–Kier alpha value is -3.06. The summed E-state index contributed by atoms with van der Waals surface area (Å²) in [4.78, 5) is 51.6. The van der Waals surface area contributed by atoms with Gasteiger partial charge in [0.05, 0.1) is 21.2 Å². The Labute approximate surface area is 429 Å². The molecule has 2 aromatic rings. The van der Waals surface area contributed by atoms with Gasteiger partial charge >= 0.3 is 11.9 Å². The minimum absolute atomic E-state index is 0.144. The zero-order valence-corrected chi connectivity index (χ0v) is 45.0. The lowest BCUT2D eigenvalue weighted by Gasteiger charge is -2.61. The predicted molar refractivity (Wildman–Crippen MR) is 283 cm³/mol. The van der Waals surface area contributed by atoms with E-state index in [1.807, 2.05) is 18.6 Å². The van der Waals surface area contributed by atoms with Crippen LogP contribution in [0.2, 0.25) is 10.0 Å². The van der Waals surface area contributed by atoms with Gasteiger partial charge in [-0.2, -0.15) is 23.5 Å². The summed E-state index contributed by atoms with van der Waals surface area (Å²) in [5, 5.41) is 46.7. The minimum atomic E-state index is -1.21. The molecule has 4 saturated carbocycles. The molecular weight excluding hydrogens is 952 g/mol. The Bertz CT molecular complexity index is 2110. The average molecular weight is 1030 g/mol. The fourth-order valence-corrected chi connectivity index (χ4v) is 15.2. The van der Waals surface area contributed by atoms with E-state index in [1.54, 1.807) is 0 Å². The average Bonchev–Trinajstić information content (AvgIpc) is 3.66. The number of hydrogen-bond acceptors (Lipinski definition) is 8. The van der Waals surface area contributed by atoms with Crippen molar-refractivity contribution in [2.75, 3.05) is 24.0 Å². The van der Waals surface area contributed by atoms with E-state index >= 15 is 0 Å². The summed E-state index contributed by atoms with van der Waals surface area (Å²) in [6.07, 6.45) is 23.2. The molecular formula is C55H78Cl2N2O8S2. The van der Waals surface area contributed by atoms with Gasteiger partial charge in [0.2, 0.25) is 0 Å². The molecule has 0 heterocycles. The van der Waals surface area contributed by atoms with Gasteiger partial charge in [-0.05, 0) is 207 Å². The van der Waals surface area contributed by atoms with Crippen LogP contribution in [0.25, 0.3) is 5.57 Å². The number of carbonyl (C=O) groups excluding carboxylic acids is 2. The van der Waals surface area contributed by atoms with Crippen molar-refractivity contribution < 1.29 is 39.6 Å². The van der Waals surface area contributed by atoms with Crippen molar-refractivity contribution in [3.05, 3.63) is 62.6 Å². The van der Waals surface area contributed by atoms with Crippen LogP contribution >= 0.6 is 46.7 Å². The fourth-order valence-electron chi connectivity index (χ4n) is 13.8. The Balaban J connectivity index is 1.25. The summed E-state index contributed by atoms with van der Waals surface area (Å²) >= 11 is 16.2. The van der Waals surface area contributed by atoms with Crippen LogP contribution in [0.5, 0.6) is 11.5 Å². The maximum atomic E-state index is 13.7. The number of carboxylic acids is 2. The van der Waals surface area contributed by atoms with Crippen LogP contribution in [-0.2, 0) is 9.59 Å². The maximum absolute atomic E-state index is 13.7. The smallest absolute Gasteiger partial charge is 0.326 e. The van der Waals surface area contributed by atoms with E-state index in [2.05, 4.69) is 45.3 Å². The molecule has 0 radical (unpaired) electrons. The molecule has 2 aromatic carbocycles. The number of thioether (sulfide) groups is 2. The van der Waals surface area contributed by atoms with E-state index < -0.39 is 47.3 Å². The predicted octanol–water partition coefficient (Wildman–Crippen LogP) is 13.2. The van der Waals surface area contributed by atoms with Crippen molar-refractivity contribution in [1.29, 1.82) is 0 Å². The number of phenolic OH excluding ortho intramolecular Hbond substituents is 2. The molecule has 6 rings (SSSR count). The van der Waals surface area contributed by atoms with Crippen molar-refractivity contribution in [3.63, 3.8) is 0 Å². The number of fused-ring (bicyclic) bond motifs is 5. The molecule has 2 amide bonds. The Morgan fingerprint density at radius 1 is 0.725 bits per heavy atom. The van der Waals surface area contributed by atoms with E-state index in [9.17, 15) is 39.6 Å². The highest BCUT2D eigenvalue weighted by Crippen LogP contribution is 2.69. The summed E-state index contributed by atoms with van der Waals surface area (Å²) in [7, 11) is 0. The van der Waals surface area contributed by atoms with Crippen LogP contribution in [0.1, 0.15) is 169 Å². The zero-order chi connectivity index (χ0) is 50.4. The maximum Gasteiger partial charge on any atom is 0.326 e. The van der Waals surface area contributed by atoms with Gasteiger partial charge in [-0.1, -0.05) is 83.2 Å². The molecule has 382 valence electrons. The summed E-state index contributed by atoms with van der Waals surface area (Å²) < 4.78 is 0. The summed E-state index contributed by atoms with van der Waals surface area (Å²) in [5.41, 5.74) is 1.66. The van der Waals surface area contributed by atoms with Crippen LogP contribution in [0.4, 0.5) is 0 Å². The summed E-state index contributed by atoms with van der Waals surface area (Å²) in [6.45, 7) is 12.5. The molecule has 0 aromatic heterocycles. The van der Waals surface area contributed by atoms with Crippen LogP contribution < -0.4 is 10.6 Å². The molecule has 0 bridgehead atoms. The topological polar surface area (TPSA) is 173 Å². The van der Waals surface area contributed by atoms with Crippen molar-refractivity contribution in [2.45, 2.75) is 149 Å². The molecule has 0 aliphatic heterocycles. The van der Waals surface area contributed by atoms with E-state index in [0.29, 0.717) is 57.3 Å². The van der Waals surface area contributed by atoms with Crippen LogP contribution in [0, 0.1) is 58.2 Å². The van der Waals surface area contributed by atoms with Gasteiger partial charge in [0.15, 0.2) is 0 Å². The molecule has 2 unspecified atom stereocenters. The third-order valence-electron chi connectivity index (χ3n) is 17.6. The molecule has 0 spiro atoms. The van der Waals surface area contributed by atoms with Crippen LogP contribution in [0.15, 0.2) is 30.3 Å². The molecule has 10 nitrogen and oxygen atoms in total. The third-order valence-corrected chi connectivity index (χ3v) is 19.4. The van der Waals surface area contributed by atoms with Crippen molar-refractivity contribution in [1.82, 2.24) is 10.6 Å². The quantitative estimate of drug-likeness (QED) is 0.0666. The van der Waals surface area contributed by atoms with E-state index in [4.69, 9.17) is 23.2 Å². The number of amides is 2. The minimum Gasteiger partial charge on any atom is -0.506 e. The summed E-state index contributed by atoms with van der Waals surface area (Å²) in [5.74, 6) is 1.90. The molecule has 6 N–H and O–H groups in total. The number of aliphatic carboxylic acids is 2. The van der Waals surface area contributed by atoms with Gasteiger partial charge in [0.25, 0.3) is 11.8 Å². The second-order valence-electron chi connectivity index (χ2n) is 22.0. The normalized spacial score (nSPS) is 27.6. The molecule has 11 atom stereocenters. The van der Waals surface area contributed by atoms with Gasteiger partial charge in [-0.15, -0.1) is 0 Å². The number of carboxylic acid groups (broad SMARTS) is 2.